The lowest BCUT2D eigenvalue weighted by atomic mass is 10.1. The number of hydrogen-bond donors (Lipinski definition) is 1. The number of aromatic nitrogens is 2. The zero-order valence-corrected chi connectivity index (χ0v) is 11.3. The molecular weight excluding hydrogens is 296 g/mol. The summed E-state index contributed by atoms with van der Waals surface area (Å²) in [6, 6.07) is 4.68. The van der Waals surface area contributed by atoms with Crippen LogP contribution < -0.4 is 5.32 Å². The number of hydrogen-bond acceptors (Lipinski definition) is 5. The molecule has 2 aromatic heterocycles. The highest BCUT2D eigenvalue weighted by Gasteiger charge is 2.20. The van der Waals surface area contributed by atoms with E-state index in [9.17, 15) is 13.6 Å². The molecule has 1 N–H and O–H groups in total. The number of carbonyl (C=O) groups is 1. The van der Waals surface area contributed by atoms with Gasteiger partial charge in [0.2, 0.25) is 0 Å². The number of anilines is 1. The molecule has 1 amide bonds. The molecule has 6 nitrogen and oxygen atoms in total. The number of benzene rings is 1. The number of nitrogens with one attached hydrogen (secondary N) is 1. The highest BCUT2D eigenvalue weighted by molar-refractivity contribution is 6.07. The van der Waals surface area contributed by atoms with Crippen molar-refractivity contribution < 1.29 is 22.6 Å². The van der Waals surface area contributed by atoms with Crippen LogP contribution in [0.1, 0.15) is 16.1 Å². The fourth-order valence-electron chi connectivity index (χ4n) is 1.86. The van der Waals surface area contributed by atoms with Crippen molar-refractivity contribution in [2.24, 2.45) is 0 Å². The molecule has 0 aliphatic heterocycles. The van der Waals surface area contributed by atoms with Gasteiger partial charge in [0.05, 0.1) is 6.20 Å². The Balaban J connectivity index is 1.91. The Morgan fingerprint density at radius 3 is 2.68 bits per heavy atom. The van der Waals surface area contributed by atoms with E-state index in [-0.39, 0.29) is 22.7 Å². The average Bonchev–Trinajstić information content (AvgIpc) is 3.11. The first kappa shape index (κ1) is 13.9. The summed E-state index contributed by atoms with van der Waals surface area (Å²) in [5.74, 6) is -1.83. The predicted molar refractivity (Wildman–Crippen MR) is 71.0 cm³/mol. The van der Waals surface area contributed by atoms with Gasteiger partial charge in [-0.3, -0.25) is 4.79 Å². The van der Waals surface area contributed by atoms with E-state index in [1.165, 1.54) is 18.3 Å². The molecule has 112 valence electrons. The summed E-state index contributed by atoms with van der Waals surface area (Å²) in [7, 11) is 0. The molecule has 3 rings (SSSR count). The van der Waals surface area contributed by atoms with Crippen molar-refractivity contribution in [1.82, 2.24) is 10.3 Å². The van der Waals surface area contributed by atoms with Crippen molar-refractivity contribution in [1.29, 1.82) is 0 Å². The smallest absolute Gasteiger partial charge is 0.262 e. The minimum absolute atomic E-state index is 0.0246. The fraction of sp³-hybridized carbons (Fsp3) is 0.0714. The van der Waals surface area contributed by atoms with Crippen LogP contribution in [-0.4, -0.2) is 16.2 Å². The molecule has 0 spiro atoms. The number of carbonyl (C=O) groups excluding carboxylic acids is 1. The second kappa shape index (κ2) is 5.40. The van der Waals surface area contributed by atoms with E-state index in [0.717, 1.165) is 12.1 Å². The van der Waals surface area contributed by atoms with Gasteiger partial charge in [0.25, 0.3) is 5.91 Å². The van der Waals surface area contributed by atoms with Crippen molar-refractivity contribution >= 4 is 11.7 Å². The lowest BCUT2D eigenvalue weighted by Gasteiger charge is -2.02. The Labute approximate surface area is 122 Å². The Hall–Kier alpha value is -3.03. The Morgan fingerprint density at radius 1 is 1.18 bits per heavy atom. The predicted octanol–water partition coefficient (Wildman–Crippen LogP) is 3.17. The van der Waals surface area contributed by atoms with Gasteiger partial charge in [-0.05, 0) is 25.1 Å². The van der Waals surface area contributed by atoms with E-state index < -0.39 is 17.5 Å². The van der Waals surface area contributed by atoms with Crippen LogP contribution in [0.2, 0.25) is 0 Å². The van der Waals surface area contributed by atoms with Crippen LogP contribution in [0, 0.1) is 18.6 Å². The molecule has 0 aliphatic carbocycles. The van der Waals surface area contributed by atoms with Gasteiger partial charge in [-0.1, -0.05) is 10.3 Å². The summed E-state index contributed by atoms with van der Waals surface area (Å²) >= 11 is 0. The van der Waals surface area contributed by atoms with Crippen LogP contribution in [0.15, 0.2) is 39.5 Å². The van der Waals surface area contributed by atoms with Gasteiger partial charge in [-0.15, -0.1) is 0 Å². The molecule has 22 heavy (non-hydrogen) atoms. The molecule has 2 heterocycles. The van der Waals surface area contributed by atoms with Crippen molar-refractivity contribution in [3.8, 4) is 11.3 Å². The summed E-state index contributed by atoms with van der Waals surface area (Å²) < 4.78 is 36.1. The highest BCUT2D eigenvalue weighted by Crippen LogP contribution is 2.25. The molecule has 0 bridgehead atoms. The molecule has 1 aromatic carbocycles. The molecule has 0 radical (unpaired) electrons. The standard InChI is InChI=1S/C14H9F2N3O3/c1-7-4-12(19-21-7)18-14(20)9-6-17-22-13(9)8-2-3-10(15)11(16)5-8/h2-6H,1H3,(H,18,19,20). The van der Waals surface area contributed by atoms with E-state index >= 15 is 0 Å². The number of rotatable bonds is 3. The SMILES string of the molecule is Cc1cc(NC(=O)c2cnoc2-c2ccc(F)c(F)c2)no1. The third-order valence-corrected chi connectivity index (χ3v) is 2.87. The Kier molecular flexibility index (Phi) is 3.42. The highest BCUT2D eigenvalue weighted by atomic mass is 19.2. The monoisotopic (exact) mass is 305 g/mol. The van der Waals surface area contributed by atoms with Crippen molar-refractivity contribution in [3.05, 3.63) is 53.4 Å². The number of halogens is 2. The van der Waals surface area contributed by atoms with Crippen molar-refractivity contribution in [2.45, 2.75) is 6.92 Å². The minimum atomic E-state index is -1.05. The maximum Gasteiger partial charge on any atom is 0.262 e. The summed E-state index contributed by atoms with van der Waals surface area (Å²) in [5, 5.41) is 9.64. The number of nitrogens with zero attached hydrogens (tertiary/aromatic N) is 2. The topological polar surface area (TPSA) is 81.2 Å². The maximum absolute atomic E-state index is 13.3. The van der Waals surface area contributed by atoms with Gasteiger partial charge in [-0.2, -0.15) is 0 Å². The second-order valence-corrected chi connectivity index (χ2v) is 4.47. The van der Waals surface area contributed by atoms with Gasteiger partial charge in [-0.25, -0.2) is 8.78 Å². The first-order valence-corrected chi connectivity index (χ1v) is 6.19. The van der Waals surface area contributed by atoms with Crippen LogP contribution in [0.3, 0.4) is 0 Å². The normalized spacial score (nSPS) is 10.7. The molecule has 0 saturated heterocycles. The van der Waals surface area contributed by atoms with E-state index in [1.54, 1.807) is 6.92 Å². The van der Waals surface area contributed by atoms with Gasteiger partial charge in [0.1, 0.15) is 11.3 Å². The fourth-order valence-corrected chi connectivity index (χ4v) is 1.86. The van der Waals surface area contributed by atoms with Gasteiger partial charge in [0, 0.05) is 11.6 Å². The molecular formula is C14H9F2N3O3. The third-order valence-electron chi connectivity index (χ3n) is 2.87. The zero-order chi connectivity index (χ0) is 15.7. The Morgan fingerprint density at radius 2 is 2.00 bits per heavy atom. The van der Waals surface area contributed by atoms with Crippen LogP contribution in [0.4, 0.5) is 14.6 Å². The zero-order valence-electron chi connectivity index (χ0n) is 11.3. The maximum atomic E-state index is 13.3. The van der Waals surface area contributed by atoms with Crippen LogP contribution in [0.5, 0.6) is 0 Å². The molecule has 0 aliphatic rings. The van der Waals surface area contributed by atoms with Gasteiger partial charge < -0.3 is 14.4 Å². The summed E-state index contributed by atoms with van der Waals surface area (Å²) in [6.07, 6.45) is 1.18. The van der Waals surface area contributed by atoms with Crippen LogP contribution in [-0.2, 0) is 0 Å². The largest absolute Gasteiger partial charge is 0.360 e. The summed E-state index contributed by atoms with van der Waals surface area (Å²) in [6.45, 7) is 1.68. The van der Waals surface area contributed by atoms with E-state index in [2.05, 4.69) is 15.6 Å². The van der Waals surface area contributed by atoms with E-state index in [4.69, 9.17) is 9.05 Å². The van der Waals surface area contributed by atoms with Crippen molar-refractivity contribution in [3.63, 3.8) is 0 Å². The van der Waals surface area contributed by atoms with E-state index in [1.807, 2.05) is 0 Å². The summed E-state index contributed by atoms with van der Waals surface area (Å²) in [5.41, 5.74) is 0.254. The van der Waals surface area contributed by atoms with E-state index in [0.29, 0.717) is 5.76 Å². The summed E-state index contributed by atoms with van der Waals surface area (Å²) in [4.78, 5) is 12.2. The van der Waals surface area contributed by atoms with Gasteiger partial charge in [0.15, 0.2) is 23.2 Å². The Bertz CT molecular complexity index is 841. The van der Waals surface area contributed by atoms with Crippen molar-refractivity contribution in [2.75, 3.05) is 5.32 Å². The first-order valence-electron chi connectivity index (χ1n) is 6.19. The number of amides is 1. The van der Waals surface area contributed by atoms with Crippen LogP contribution in [0.25, 0.3) is 11.3 Å². The molecule has 0 unspecified atom stereocenters. The van der Waals surface area contributed by atoms with Gasteiger partial charge >= 0.3 is 0 Å². The third kappa shape index (κ3) is 2.58. The quantitative estimate of drug-likeness (QED) is 0.803. The molecule has 8 heteroatoms. The first-order chi connectivity index (χ1) is 10.5. The molecule has 0 saturated carbocycles. The molecule has 0 fully saturated rings. The lowest BCUT2D eigenvalue weighted by Crippen LogP contribution is -2.12. The molecule has 0 atom stereocenters. The minimum Gasteiger partial charge on any atom is -0.360 e. The second-order valence-electron chi connectivity index (χ2n) is 4.47. The lowest BCUT2D eigenvalue weighted by molar-refractivity contribution is 0.102. The number of aryl methyl sites for hydroxylation is 1. The molecule has 3 aromatic rings. The van der Waals surface area contributed by atoms with Crippen LogP contribution >= 0.6 is 0 Å². The average molecular weight is 305 g/mol.